The number of hydrogen-bond donors (Lipinski definition) is 1. The van der Waals surface area contributed by atoms with Crippen molar-refractivity contribution in [2.24, 2.45) is 0 Å². The summed E-state index contributed by atoms with van der Waals surface area (Å²) in [5.74, 6) is 1.63. The lowest BCUT2D eigenvalue weighted by Gasteiger charge is -2.27. The van der Waals surface area contributed by atoms with Gasteiger partial charge in [0.1, 0.15) is 28.8 Å². The largest absolute Gasteiger partial charge is 0.378 e. The highest BCUT2D eigenvalue weighted by atomic mass is 35.5. The molecular weight excluding hydrogens is 427 g/mol. The van der Waals surface area contributed by atoms with Gasteiger partial charge in [-0.05, 0) is 18.2 Å². The second kappa shape index (κ2) is 8.10. The second-order valence-electron chi connectivity index (χ2n) is 6.61. The molecule has 0 amide bonds. The van der Waals surface area contributed by atoms with Crippen molar-refractivity contribution < 1.29 is 9.13 Å². The second-order valence-corrected chi connectivity index (χ2v) is 8.02. The van der Waals surface area contributed by atoms with Crippen molar-refractivity contribution in [2.45, 2.75) is 0 Å². The zero-order valence-electron chi connectivity index (χ0n) is 15.7. The number of morpholine rings is 1. The van der Waals surface area contributed by atoms with Crippen LogP contribution in [0, 0.1) is 5.82 Å². The monoisotopic (exact) mass is 442 g/mol. The summed E-state index contributed by atoms with van der Waals surface area (Å²) >= 11 is 7.54. The molecule has 1 fully saturated rings. The molecule has 0 radical (unpaired) electrons. The first-order valence-corrected chi connectivity index (χ1v) is 10.5. The standard InChI is InChI=1S/C20H16ClFN6OS/c21-12-2-1-3-13(22)17(12)20-26-14-4-5-23-19(18(14)30-20)27-15-10-16(25-11-24-15)28-6-8-29-9-7-28/h1-5,10-11H,6-9H2,(H,23,24,25,27). The van der Waals surface area contributed by atoms with Crippen LogP contribution in [0.2, 0.25) is 5.02 Å². The van der Waals surface area contributed by atoms with E-state index in [0.29, 0.717) is 46.0 Å². The Kier molecular flexibility index (Phi) is 5.16. The molecule has 0 spiro atoms. The summed E-state index contributed by atoms with van der Waals surface area (Å²) in [6, 6.07) is 8.26. The lowest BCUT2D eigenvalue weighted by molar-refractivity contribution is 0.122. The number of nitrogens with zero attached hydrogens (tertiary/aromatic N) is 5. The highest BCUT2D eigenvalue weighted by Crippen LogP contribution is 2.38. The number of ether oxygens (including phenoxy) is 1. The molecule has 1 aliphatic rings. The summed E-state index contributed by atoms with van der Waals surface area (Å²) in [6.45, 7) is 2.92. The molecule has 0 bridgehead atoms. The van der Waals surface area contributed by atoms with Crippen molar-refractivity contribution in [2.75, 3.05) is 36.5 Å². The SMILES string of the molecule is Fc1cccc(Cl)c1-c1nc2ccnc(Nc3cc(N4CCOCC4)ncn3)c2s1. The summed E-state index contributed by atoms with van der Waals surface area (Å²) in [7, 11) is 0. The van der Waals surface area contributed by atoms with Gasteiger partial charge in [-0.3, -0.25) is 0 Å². The molecule has 3 aromatic heterocycles. The average molecular weight is 443 g/mol. The third-order valence-corrected chi connectivity index (χ3v) is 6.13. The first-order chi connectivity index (χ1) is 14.7. The first-order valence-electron chi connectivity index (χ1n) is 9.31. The minimum atomic E-state index is -0.407. The number of benzene rings is 1. The number of anilines is 3. The van der Waals surface area contributed by atoms with Gasteiger partial charge in [0, 0.05) is 25.4 Å². The Morgan fingerprint density at radius 3 is 2.83 bits per heavy atom. The lowest BCUT2D eigenvalue weighted by atomic mass is 10.2. The number of aromatic nitrogens is 4. The highest BCUT2D eigenvalue weighted by Gasteiger charge is 2.17. The topological polar surface area (TPSA) is 76.1 Å². The van der Waals surface area contributed by atoms with E-state index in [2.05, 4.69) is 30.2 Å². The maximum Gasteiger partial charge on any atom is 0.151 e. The third kappa shape index (κ3) is 3.67. The van der Waals surface area contributed by atoms with Gasteiger partial charge in [0.05, 0.1) is 34.0 Å². The molecule has 4 heterocycles. The maximum absolute atomic E-state index is 14.4. The average Bonchev–Trinajstić information content (AvgIpc) is 3.19. The normalized spacial score (nSPS) is 14.3. The van der Waals surface area contributed by atoms with Gasteiger partial charge in [-0.15, -0.1) is 11.3 Å². The van der Waals surface area contributed by atoms with Crippen LogP contribution >= 0.6 is 22.9 Å². The van der Waals surface area contributed by atoms with Crippen LogP contribution in [0.1, 0.15) is 0 Å². The molecule has 1 aromatic carbocycles. The number of hydrogen-bond acceptors (Lipinski definition) is 8. The van der Waals surface area contributed by atoms with Gasteiger partial charge in [-0.2, -0.15) is 0 Å². The number of halogens is 2. The van der Waals surface area contributed by atoms with E-state index in [9.17, 15) is 4.39 Å². The molecular formula is C20H16ClFN6OS. The van der Waals surface area contributed by atoms with Gasteiger partial charge in [-0.1, -0.05) is 17.7 Å². The van der Waals surface area contributed by atoms with E-state index >= 15 is 0 Å². The van der Waals surface area contributed by atoms with Crippen LogP contribution < -0.4 is 10.2 Å². The molecule has 5 rings (SSSR count). The van der Waals surface area contributed by atoms with Gasteiger partial charge >= 0.3 is 0 Å². The smallest absolute Gasteiger partial charge is 0.151 e. The zero-order valence-corrected chi connectivity index (χ0v) is 17.3. The van der Waals surface area contributed by atoms with Crippen LogP contribution in [0.5, 0.6) is 0 Å². The van der Waals surface area contributed by atoms with Gasteiger partial charge in [-0.25, -0.2) is 24.3 Å². The molecule has 0 aliphatic carbocycles. The molecule has 1 aliphatic heterocycles. The van der Waals surface area contributed by atoms with Crippen LogP contribution in [0.25, 0.3) is 20.8 Å². The van der Waals surface area contributed by atoms with Crippen molar-refractivity contribution in [3.8, 4) is 10.6 Å². The van der Waals surface area contributed by atoms with Gasteiger partial charge < -0.3 is 15.0 Å². The Labute approximate surface area is 180 Å². The van der Waals surface area contributed by atoms with E-state index in [4.69, 9.17) is 16.3 Å². The Balaban J connectivity index is 1.49. The number of thiazole rings is 1. The minimum absolute atomic E-state index is 0.294. The number of fused-ring (bicyclic) bond motifs is 1. The molecule has 152 valence electrons. The number of pyridine rings is 1. The van der Waals surface area contributed by atoms with Gasteiger partial charge in [0.15, 0.2) is 5.82 Å². The third-order valence-electron chi connectivity index (χ3n) is 4.72. The summed E-state index contributed by atoms with van der Waals surface area (Å²) in [5.41, 5.74) is 0.997. The van der Waals surface area contributed by atoms with E-state index in [0.717, 1.165) is 23.6 Å². The van der Waals surface area contributed by atoms with Crippen LogP contribution in [0.3, 0.4) is 0 Å². The van der Waals surface area contributed by atoms with Crippen LogP contribution in [-0.4, -0.2) is 46.2 Å². The fourth-order valence-electron chi connectivity index (χ4n) is 3.26. The van der Waals surface area contributed by atoms with Crippen molar-refractivity contribution in [3.05, 3.63) is 53.7 Å². The summed E-state index contributed by atoms with van der Waals surface area (Å²) in [6.07, 6.45) is 3.17. The van der Waals surface area contributed by atoms with Crippen molar-refractivity contribution in [3.63, 3.8) is 0 Å². The van der Waals surface area contributed by atoms with Crippen molar-refractivity contribution in [1.82, 2.24) is 19.9 Å². The van der Waals surface area contributed by atoms with Gasteiger partial charge in [0.2, 0.25) is 0 Å². The van der Waals surface area contributed by atoms with Crippen LogP contribution in [0.4, 0.5) is 21.8 Å². The molecule has 4 aromatic rings. The Hall–Kier alpha value is -2.88. The fraction of sp³-hybridized carbons (Fsp3) is 0.200. The van der Waals surface area contributed by atoms with E-state index < -0.39 is 5.82 Å². The van der Waals surface area contributed by atoms with E-state index in [1.54, 1.807) is 24.4 Å². The zero-order chi connectivity index (χ0) is 20.5. The summed E-state index contributed by atoms with van der Waals surface area (Å²) in [5, 5.41) is 4.07. The molecule has 1 saturated heterocycles. The van der Waals surface area contributed by atoms with Crippen molar-refractivity contribution >= 4 is 50.6 Å². The quantitative estimate of drug-likeness (QED) is 0.498. The first kappa shape index (κ1) is 19.1. The van der Waals surface area contributed by atoms with E-state index in [-0.39, 0.29) is 0 Å². The molecule has 0 unspecified atom stereocenters. The van der Waals surface area contributed by atoms with Crippen LogP contribution in [0.15, 0.2) is 42.9 Å². The minimum Gasteiger partial charge on any atom is -0.378 e. The Morgan fingerprint density at radius 1 is 1.13 bits per heavy atom. The number of rotatable bonds is 4. The molecule has 7 nitrogen and oxygen atoms in total. The highest BCUT2D eigenvalue weighted by molar-refractivity contribution is 7.22. The molecule has 1 N–H and O–H groups in total. The van der Waals surface area contributed by atoms with Gasteiger partial charge in [0.25, 0.3) is 0 Å². The molecule has 10 heteroatoms. The Bertz CT molecular complexity index is 1190. The van der Waals surface area contributed by atoms with Crippen LogP contribution in [-0.2, 0) is 4.74 Å². The van der Waals surface area contributed by atoms with E-state index in [1.807, 2.05) is 6.07 Å². The van der Waals surface area contributed by atoms with E-state index in [1.165, 1.54) is 23.7 Å². The lowest BCUT2D eigenvalue weighted by Crippen LogP contribution is -2.36. The predicted molar refractivity (Wildman–Crippen MR) is 116 cm³/mol. The Morgan fingerprint density at radius 2 is 2.00 bits per heavy atom. The summed E-state index contributed by atoms with van der Waals surface area (Å²) < 4.78 is 20.5. The molecule has 0 atom stereocenters. The number of nitrogens with one attached hydrogen (secondary N) is 1. The van der Waals surface area contributed by atoms with Crippen molar-refractivity contribution in [1.29, 1.82) is 0 Å². The fourth-order valence-corrected chi connectivity index (χ4v) is 4.63. The molecule has 30 heavy (non-hydrogen) atoms. The maximum atomic E-state index is 14.4. The predicted octanol–water partition coefficient (Wildman–Crippen LogP) is 4.52. The summed E-state index contributed by atoms with van der Waals surface area (Å²) in [4.78, 5) is 19.8. The molecule has 0 saturated carbocycles.